The second-order valence-corrected chi connectivity index (χ2v) is 15.2. The Morgan fingerprint density at radius 1 is 0.810 bits per heavy atom. The Hall–Kier alpha value is -1.56. The molecule has 7 rings (SSSR count). The first kappa shape index (κ1) is 29.2. The van der Waals surface area contributed by atoms with E-state index in [2.05, 4.69) is 47.9 Å². The first-order valence-corrected chi connectivity index (χ1v) is 17.7. The van der Waals surface area contributed by atoms with E-state index in [1.165, 1.54) is 89.5 Å². The van der Waals surface area contributed by atoms with Gasteiger partial charge in [0.05, 0.1) is 5.60 Å². The third kappa shape index (κ3) is 4.94. The molecule has 4 aliphatic carbocycles. The predicted molar refractivity (Wildman–Crippen MR) is 169 cm³/mol. The lowest BCUT2D eigenvalue weighted by molar-refractivity contribution is -0.171. The first-order chi connectivity index (χ1) is 20.4. The highest BCUT2D eigenvalue weighted by molar-refractivity contribution is 5.50. The van der Waals surface area contributed by atoms with Crippen LogP contribution >= 0.6 is 0 Å². The van der Waals surface area contributed by atoms with Gasteiger partial charge in [0, 0.05) is 24.1 Å². The van der Waals surface area contributed by atoms with Crippen molar-refractivity contribution < 1.29 is 14.6 Å². The molecule has 0 unspecified atom stereocenters. The van der Waals surface area contributed by atoms with Crippen LogP contribution in [0.25, 0.3) is 0 Å². The molecule has 0 bridgehead atoms. The molecule has 5 fully saturated rings. The number of fused-ring (bicyclic) bond motifs is 5. The molecule has 1 aromatic rings. The fourth-order valence-electron chi connectivity index (χ4n) is 10.8. The number of hydrogen-bond acceptors (Lipinski definition) is 5. The van der Waals surface area contributed by atoms with Gasteiger partial charge >= 0.3 is 0 Å². The van der Waals surface area contributed by atoms with E-state index in [0.29, 0.717) is 30.5 Å². The molecule has 42 heavy (non-hydrogen) atoms. The maximum Gasteiger partial charge on any atom is 0.164 e. The molecule has 2 heterocycles. The first-order valence-electron chi connectivity index (χ1n) is 17.7. The smallest absolute Gasteiger partial charge is 0.164 e. The molecule has 2 saturated heterocycles. The van der Waals surface area contributed by atoms with E-state index in [1.54, 1.807) is 5.57 Å². The Bertz CT molecular complexity index is 1140. The van der Waals surface area contributed by atoms with Crippen LogP contribution < -0.4 is 9.47 Å². The van der Waals surface area contributed by atoms with E-state index in [1.807, 2.05) is 0 Å². The normalized spacial score (nSPS) is 38.5. The van der Waals surface area contributed by atoms with Crippen LogP contribution in [0.5, 0.6) is 11.5 Å². The summed E-state index contributed by atoms with van der Waals surface area (Å²) in [7, 11) is 0. The van der Waals surface area contributed by atoms with E-state index in [0.717, 1.165) is 50.3 Å². The van der Waals surface area contributed by atoms with E-state index in [9.17, 15) is 5.11 Å². The number of hydrogen-bond donors (Lipinski definition) is 1. The number of benzene rings is 1. The summed E-state index contributed by atoms with van der Waals surface area (Å²) >= 11 is 0. The largest absolute Gasteiger partial charge is 0.488 e. The molecule has 6 aliphatic rings. The van der Waals surface area contributed by atoms with Gasteiger partial charge in [0.2, 0.25) is 0 Å². The minimum absolute atomic E-state index is 0.147. The minimum atomic E-state index is -0.623. The highest BCUT2D eigenvalue weighted by Crippen LogP contribution is 2.70. The fraction of sp³-hybridized carbons (Fsp3) is 0.784. The maximum atomic E-state index is 12.8. The Morgan fingerprint density at radius 3 is 2.26 bits per heavy atom. The zero-order valence-corrected chi connectivity index (χ0v) is 26.5. The molecule has 2 aliphatic heterocycles. The molecule has 6 atom stereocenters. The van der Waals surface area contributed by atoms with Crippen LogP contribution in [-0.2, 0) is 0 Å². The van der Waals surface area contributed by atoms with Crippen molar-refractivity contribution in [1.82, 2.24) is 9.80 Å². The molecule has 0 amide bonds. The van der Waals surface area contributed by atoms with Crippen molar-refractivity contribution in [2.24, 2.45) is 22.7 Å². The number of para-hydroxylation sites is 1. The summed E-state index contributed by atoms with van der Waals surface area (Å²) < 4.78 is 13.3. The quantitative estimate of drug-likeness (QED) is 0.315. The van der Waals surface area contributed by atoms with Gasteiger partial charge in [-0.3, -0.25) is 9.80 Å². The highest BCUT2D eigenvalue weighted by Gasteiger charge is 2.66. The monoisotopic (exact) mass is 576 g/mol. The summed E-state index contributed by atoms with van der Waals surface area (Å²) in [6.07, 6.45) is 18.4. The van der Waals surface area contributed by atoms with Crippen molar-refractivity contribution in [3.05, 3.63) is 35.4 Å². The zero-order valence-electron chi connectivity index (χ0n) is 26.5. The average molecular weight is 577 g/mol. The van der Waals surface area contributed by atoms with Crippen molar-refractivity contribution >= 4 is 0 Å². The zero-order chi connectivity index (χ0) is 28.8. The molecular formula is C37H56N2O3. The Morgan fingerprint density at radius 2 is 1.52 bits per heavy atom. The van der Waals surface area contributed by atoms with Crippen molar-refractivity contribution in [2.45, 2.75) is 109 Å². The lowest BCUT2D eigenvalue weighted by Gasteiger charge is -2.61. The second-order valence-electron chi connectivity index (χ2n) is 15.2. The predicted octanol–water partition coefficient (Wildman–Crippen LogP) is 7.19. The minimum Gasteiger partial charge on any atom is -0.488 e. The summed E-state index contributed by atoms with van der Waals surface area (Å²) in [5.74, 6) is 3.14. The number of likely N-dealkylation sites (tertiary alicyclic amines) is 2. The molecule has 0 aromatic heterocycles. The summed E-state index contributed by atoms with van der Waals surface area (Å²) in [6.45, 7) is 13.1. The molecule has 232 valence electrons. The van der Waals surface area contributed by atoms with Crippen molar-refractivity contribution in [1.29, 1.82) is 0 Å². The summed E-state index contributed by atoms with van der Waals surface area (Å²) in [5.41, 5.74) is 2.52. The lowest BCUT2D eigenvalue weighted by atomic mass is 9.45. The van der Waals surface area contributed by atoms with Crippen molar-refractivity contribution in [3.8, 4) is 11.5 Å². The SMILES string of the molecule is C[C@]12CCCCC1=CC[C@@H]1[C@@H]2CC[C@]2(C)[C@H](c3cccc(OCCN4CCCC4)c3OCCN3CCCC3)CC[C@]12O. The summed E-state index contributed by atoms with van der Waals surface area (Å²) in [5, 5.41) is 12.8. The molecule has 1 aromatic carbocycles. The Balaban J connectivity index is 1.15. The van der Waals surface area contributed by atoms with Gasteiger partial charge in [0.1, 0.15) is 13.2 Å². The van der Waals surface area contributed by atoms with Gasteiger partial charge in [-0.25, -0.2) is 0 Å². The van der Waals surface area contributed by atoms with Gasteiger partial charge in [-0.05, 0) is 132 Å². The van der Waals surface area contributed by atoms with Crippen LogP contribution in [0.3, 0.4) is 0 Å². The summed E-state index contributed by atoms with van der Waals surface area (Å²) in [6, 6.07) is 6.60. The fourth-order valence-corrected chi connectivity index (χ4v) is 10.8. The van der Waals surface area contributed by atoms with Crippen LogP contribution in [0.2, 0.25) is 0 Å². The standard InChI is InChI=1S/C37H56N2O3/c1-35-17-4-3-10-28(35)13-14-32-31(35)15-18-36(2)30(16-19-37(32,36)40)29-11-9-12-33(41-26-24-38-20-5-6-21-38)34(29)42-27-25-39-22-7-8-23-39/h9,11-13,30-32,40H,3-8,10,14-27H2,1-2H3/t30-,31-,32+,35-,36+,37-/m0/s1. The molecule has 0 radical (unpaired) electrons. The van der Waals surface area contributed by atoms with Crippen LogP contribution in [-0.4, -0.2) is 73.0 Å². The third-order valence-corrected chi connectivity index (χ3v) is 13.3. The van der Waals surface area contributed by atoms with E-state index in [-0.39, 0.29) is 11.3 Å². The Kier molecular flexibility index (Phi) is 8.16. The lowest BCUT2D eigenvalue weighted by Crippen LogP contribution is -2.59. The van der Waals surface area contributed by atoms with Crippen LogP contribution in [0, 0.1) is 22.7 Å². The average Bonchev–Trinajstić information content (AvgIpc) is 3.75. The van der Waals surface area contributed by atoms with Gasteiger partial charge in [-0.15, -0.1) is 0 Å². The number of rotatable bonds is 9. The van der Waals surface area contributed by atoms with Gasteiger partial charge < -0.3 is 14.6 Å². The Labute approximate surface area is 255 Å². The van der Waals surface area contributed by atoms with Crippen LogP contribution in [0.15, 0.2) is 29.8 Å². The van der Waals surface area contributed by atoms with Gasteiger partial charge in [0.15, 0.2) is 11.5 Å². The number of ether oxygens (including phenoxy) is 2. The van der Waals surface area contributed by atoms with Gasteiger partial charge in [0.25, 0.3) is 0 Å². The third-order valence-electron chi connectivity index (χ3n) is 13.3. The molecule has 3 saturated carbocycles. The molecule has 0 spiro atoms. The molecule has 5 nitrogen and oxygen atoms in total. The maximum absolute atomic E-state index is 12.8. The van der Waals surface area contributed by atoms with Crippen molar-refractivity contribution in [3.63, 3.8) is 0 Å². The number of allylic oxidation sites excluding steroid dienone is 2. The van der Waals surface area contributed by atoms with E-state index < -0.39 is 5.60 Å². The van der Waals surface area contributed by atoms with Crippen LogP contribution in [0.1, 0.15) is 109 Å². The molecule has 5 heteroatoms. The van der Waals surface area contributed by atoms with Gasteiger partial charge in [-0.2, -0.15) is 0 Å². The number of aliphatic hydroxyl groups is 1. The van der Waals surface area contributed by atoms with Gasteiger partial charge in [-0.1, -0.05) is 44.1 Å². The van der Waals surface area contributed by atoms with Crippen molar-refractivity contribution in [2.75, 3.05) is 52.5 Å². The van der Waals surface area contributed by atoms with E-state index in [4.69, 9.17) is 9.47 Å². The highest BCUT2D eigenvalue weighted by atomic mass is 16.5. The molecular weight excluding hydrogens is 520 g/mol. The number of nitrogens with zero attached hydrogens (tertiary/aromatic N) is 2. The van der Waals surface area contributed by atoms with E-state index >= 15 is 0 Å². The second kappa shape index (κ2) is 11.7. The van der Waals surface area contributed by atoms with Crippen LogP contribution in [0.4, 0.5) is 0 Å². The topological polar surface area (TPSA) is 45.2 Å². The summed E-state index contributed by atoms with van der Waals surface area (Å²) in [4.78, 5) is 5.05. The molecule has 1 N–H and O–H groups in total.